The summed E-state index contributed by atoms with van der Waals surface area (Å²) in [4.78, 5) is 16.8. The average Bonchev–Trinajstić information content (AvgIpc) is 2.89. The van der Waals surface area contributed by atoms with Gasteiger partial charge in [0.25, 0.3) is 0 Å². The van der Waals surface area contributed by atoms with Gasteiger partial charge < -0.3 is 5.73 Å². The van der Waals surface area contributed by atoms with E-state index in [0.717, 1.165) is 4.68 Å². The molecule has 0 fully saturated rings. The predicted octanol–water partition coefficient (Wildman–Crippen LogP) is 2.47. The van der Waals surface area contributed by atoms with Crippen molar-refractivity contribution in [3.63, 3.8) is 0 Å². The number of nitrogens with two attached hydrogens (primary N) is 1. The first-order valence-electron chi connectivity index (χ1n) is 7.12. The van der Waals surface area contributed by atoms with Crippen molar-refractivity contribution < 1.29 is 4.39 Å². The fraction of sp³-hybridized carbons (Fsp3) is 0.0625. The van der Waals surface area contributed by atoms with Crippen LogP contribution >= 0.6 is 11.6 Å². The smallest absolute Gasteiger partial charge is 0.353 e. The molecule has 0 amide bonds. The van der Waals surface area contributed by atoms with E-state index in [4.69, 9.17) is 17.3 Å². The molecule has 2 heterocycles. The molecule has 8 heteroatoms. The highest BCUT2D eigenvalue weighted by Gasteiger charge is 2.15. The van der Waals surface area contributed by atoms with E-state index in [0.29, 0.717) is 21.6 Å². The first-order chi connectivity index (χ1) is 11.5. The van der Waals surface area contributed by atoms with Crippen molar-refractivity contribution >= 4 is 34.1 Å². The number of benzene rings is 2. The minimum absolute atomic E-state index is 0.0338. The highest BCUT2D eigenvalue weighted by Crippen LogP contribution is 2.19. The van der Waals surface area contributed by atoms with Crippen molar-refractivity contribution in [2.24, 2.45) is 0 Å². The first-order valence-corrected chi connectivity index (χ1v) is 7.50. The molecule has 0 radical (unpaired) electrons. The maximum Gasteiger partial charge on any atom is 0.353 e. The van der Waals surface area contributed by atoms with Gasteiger partial charge in [0, 0.05) is 16.0 Å². The maximum atomic E-state index is 13.9. The number of hydrogen-bond donors (Lipinski definition) is 1. The van der Waals surface area contributed by atoms with Gasteiger partial charge in [0.05, 0.1) is 12.1 Å². The van der Waals surface area contributed by atoms with Gasteiger partial charge in [-0.25, -0.2) is 23.3 Å². The van der Waals surface area contributed by atoms with Gasteiger partial charge in [-0.3, -0.25) is 0 Å². The summed E-state index contributed by atoms with van der Waals surface area (Å²) in [6, 6.07) is 11.4. The fourth-order valence-electron chi connectivity index (χ4n) is 2.65. The maximum absolute atomic E-state index is 13.9. The summed E-state index contributed by atoms with van der Waals surface area (Å²) in [7, 11) is 0. The van der Waals surface area contributed by atoms with Gasteiger partial charge in [0.2, 0.25) is 5.95 Å². The lowest BCUT2D eigenvalue weighted by atomic mass is 10.2. The monoisotopic (exact) mass is 343 g/mol. The van der Waals surface area contributed by atoms with Gasteiger partial charge in [0.15, 0.2) is 5.65 Å². The molecule has 0 spiro atoms. The van der Waals surface area contributed by atoms with Gasteiger partial charge >= 0.3 is 5.69 Å². The normalized spacial score (nSPS) is 11.4. The standard InChI is InChI=1S/C16H11ClFN5O/c17-10-5-6-12(18)9(7-10)8-22-16(24)23-14(21-22)11-3-1-2-4-13(11)20-15(23)19/h1-7H,8H2,(H2,19,20). The third-order valence-corrected chi connectivity index (χ3v) is 4.01. The zero-order valence-electron chi connectivity index (χ0n) is 12.3. The van der Waals surface area contributed by atoms with Crippen molar-refractivity contribution in [3.8, 4) is 0 Å². The van der Waals surface area contributed by atoms with Crippen LogP contribution in [-0.2, 0) is 6.54 Å². The van der Waals surface area contributed by atoms with Crippen LogP contribution in [0.25, 0.3) is 16.6 Å². The van der Waals surface area contributed by atoms with Gasteiger partial charge in [-0.1, -0.05) is 23.7 Å². The number of rotatable bonds is 2. The van der Waals surface area contributed by atoms with E-state index in [-0.39, 0.29) is 18.1 Å². The van der Waals surface area contributed by atoms with Crippen LogP contribution in [0, 0.1) is 5.82 Å². The quantitative estimate of drug-likeness (QED) is 0.606. The second-order valence-electron chi connectivity index (χ2n) is 5.32. The molecule has 2 aromatic carbocycles. The largest absolute Gasteiger partial charge is 0.369 e. The Bertz CT molecular complexity index is 1150. The number of aromatic nitrogens is 4. The van der Waals surface area contributed by atoms with Crippen molar-refractivity contribution in [2.75, 3.05) is 5.73 Å². The highest BCUT2D eigenvalue weighted by molar-refractivity contribution is 6.30. The molecule has 0 unspecified atom stereocenters. The van der Waals surface area contributed by atoms with Crippen molar-refractivity contribution in [3.05, 3.63) is 69.4 Å². The molecular formula is C16H11ClFN5O. The molecule has 4 aromatic rings. The molecule has 2 aromatic heterocycles. The van der Waals surface area contributed by atoms with E-state index in [9.17, 15) is 9.18 Å². The van der Waals surface area contributed by atoms with Gasteiger partial charge in [-0.05, 0) is 30.3 Å². The van der Waals surface area contributed by atoms with Crippen LogP contribution in [0.1, 0.15) is 5.56 Å². The highest BCUT2D eigenvalue weighted by atomic mass is 35.5. The summed E-state index contributed by atoms with van der Waals surface area (Å²) >= 11 is 5.90. The number of fused-ring (bicyclic) bond motifs is 3. The molecule has 0 saturated heterocycles. The molecule has 24 heavy (non-hydrogen) atoms. The Morgan fingerprint density at radius 3 is 2.83 bits per heavy atom. The summed E-state index contributed by atoms with van der Waals surface area (Å²) in [5, 5.41) is 5.38. The van der Waals surface area contributed by atoms with Gasteiger partial charge in [-0.15, -0.1) is 5.10 Å². The Morgan fingerprint density at radius 1 is 1.21 bits per heavy atom. The molecule has 0 aliphatic heterocycles. The Hall–Kier alpha value is -2.93. The number of anilines is 1. The van der Waals surface area contributed by atoms with Crippen LogP contribution < -0.4 is 11.4 Å². The van der Waals surface area contributed by atoms with E-state index in [1.54, 1.807) is 12.1 Å². The molecule has 0 aliphatic rings. The summed E-state index contributed by atoms with van der Waals surface area (Å²) < 4.78 is 16.3. The van der Waals surface area contributed by atoms with E-state index in [2.05, 4.69) is 10.1 Å². The number of halogens is 2. The van der Waals surface area contributed by atoms with Crippen molar-refractivity contribution in [1.82, 2.24) is 19.2 Å². The van der Waals surface area contributed by atoms with Crippen LogP contribution in [0.5, 0.6) is 0 Å². The number of hydrogen-bond acceptors (Lipinski definition) is 4. The lowest BCUT2D eigenvalue weighted by molar-refractivity contribution is 0.578. The zero-order chi connectivity index (χ0) is 16.8. The van der Waals surface area contributed by atoms with Gasteiger partial charge in [0.1, 0.15) is 5.82 Å². The van der Waals surface area contributed by atoms with Crippen LogP contribution in [0.3, 0.4) is 0 Å². The topological polar surface area (TPSA) is 78.2 Å². The van der Waals surface area contributed by atoms with Crippen molar-refractivity contribution in [1.29, 1.82) is 0 Å². The van der Waals surface area contributed by atoms with Crippen LogP contribution in [0.2, 0.25) is 5.02 Å². The fourth-order valence-corrected chi connectivity index (χ4v) is 2.85. The lowest BCUT2D eigenvalue weighted by Crippen LogP contribution is -2.23. The molecule has 0 bridgehead atoms. The SMILES string of the molecule is Nc1nc2ccccc2c2nn(Cc3cc(Cl)ccc3F)c(=O)n12. The third-order valence-electron chi connectivity index (χ3n) is 3.78. The first kappa shape index (κ1) is 14.6. The minimum Gasteiger partial charge on any atom is -0.369 e. The van der Waals surface area contributed by atoms with Crippen LogP contribution in [0.15, 0.2) is 47.3 Å². The molecule has 0 saturated carbocycles. The Balaban J connectivity index is 1.96. The second kappa shape index (κ2) is 5.31. The van der Waals surface area contributed by atoms with Crippen LogP contribution in [-0.4, -0.2) is 19.2 Å². The number of para-hydroxylation sites is 1. The summed E-state index contributed by atoms with van der Waals surface area (Å²) in [5.74, 6) is -0.425. The molecule has 120 valence electrons. The van der Waals surface area contributed by atoms with Gasteiger partial charge in [-0.2, -0.15) is 0 Å². The number of nitrogens with zero attached hydrogens (tertiary/aromatic N) is 4. The van der Waals surface area contributed by atoms with E-state index in [1.165, 1.54) is 22.6 Å². The molecule has 6 nitrogen and oxygen atoms in total. The summed E-state index contributed by atoms with van der Waals surface area (Å²) in [6.45, 7) is -0.0549. The minimum atomic E-state index is -0.486. The Morgan fingerprint density at radius 2 is 2.00 bits per heavy atom. The average molecular weight is 344 g/mol. The molecule has 0 aliphatic carbocycles. The zero-order valence-corrected chi connectivity index (χ0v) is 13.0. The van der Waals surface area contributed by atoms with E-state index >= 15 is 0 Å². The molecule has 0 atom stereocenters. The Kier molecular flexibility index (Phi) is 3.24. The van der Waals surface area contributed by atoms with E-state index in [1.807, 2.05) is 12.1 Å². The molecular weight excluding hydrogens is 333 g/mol. The second-order valence-corrected chi connectivity index (χ2v) is 5.76. The molecule has 4 rings (SSSR count). The molecule has 2 N–H and O–H groups in total. The number of nitrogen functional groups attached to an aromatic ring is 1. The van der Waals surface area contributed by atoms with E-state index < -0.39 is 11.5 Å². The summed E-state index contributed by atoms with van der Waals surface area (Å²) in [5.41, 5.74) is 6.68. The van der Waals surface area contributed by atoms with Crippen molar-refractivity contribution in [2.45, 2.75) is 6.54 Å². The predicted molar refractivity (Wildman–Crippen MR) is 89.7 cm³/mol. The van der Waals surface area contributed by atoms with Crippen LogP contribution in [0.4, 0.5) is 10.3 Å². The lowest BCUT2D eigenvalue weighted by Gasteiger charge is -2.02. The summed E-state index contributed by atoms with van der Waals surface area (Å²) in [6.07, 6.45) is 0. The Labute approximate surface area is 139 Å². The third kappa shape index (κ3) is 2.21.